The zero-order valence-electron chi connectivity index (χ0n) is 19.7. The summed E-state index contributed by atoms with van der Waals surface area (Å²) < 4.78 is 45.1. The van der Waals surface area contributed by atoms with Gasteiger partial charge in [0.2, 0.25) is 0 Å². The van der Waals surface area contributed by atoms with E-state index in [0.29, 0.717) is 41.3 Å². The van der Waals surface area contributed by atoms with Crippen LogP contribution in [0.3, 0.4) is 0 Å². The highest BCUT2D eigenvalue weighted by atomic mass is 35.5. The van der Waals surface area contributed by atoms with E-state index in [1.807, 2.05) is 0 Å². The summed E-state index contributed by atoms with van der Waals surface area (Å²) >= 11 is 11.4. The van der Waals surface area contributed by atoms with Crippen LogP contribution in [0.1, 0.15) is 42.5 Å². The SMILES string of the molecule is CNc1c(Cl)cncc1Cl.O=Cc1ccc(OC(F)F)c(OCCCCC(=O)OCC2CCCO2)c1. The van der Waals surface area contributed by atoms with Crippen LogP contribution in [0.2, 0.25) is 10.0 Å². The molecule has 2 heterocycles. The maximum Gasteiger partial charge on any atom is 0.387 e. The predicted molar refractivity (Wildman–Crippen MR) is 132 cm³/mol. The van der Waals surface area contributed by atoms with Gasteiger partial charge in [-0.3, -0.25) is 14.6 Å². The molecule has 1 unspecified atom stereocenters. The molecule has 36 heavy (non-hydrogen) atoms. The monoisotopic (exact) mass is 548 g/mol. The summed E-state index contributed by atoms with van der Waals surface area (Å²) in [7, 11) is 1.76. The molecular formula is C24H28Cl2F2N2O6. The number of nitrogens with one attached hydrogen (secondary N) is 1. The van der Waals surface area contributed by atoms with Gasteiger partial charge in [0, 0.05) is 38.0 Å². The third-order valence-corrected chi connectivity index (χ3v) is 5.48. The molecule has 1 aromatic carbocycles. The first-order valence-corrected chi connectivity index (χ1v) is 12.0. The average Bonchev–Trinajstić information content (AvgIpc) is 3.37. The van der Waals surface area contributed by atoms with E-state index in [1.54, 1.807) is 19.4 Å². The Morgan fingerprint density at radius 2 is 2.00 bits per heavy atom. The summed E-state index contributed by atoms with van der Waals surface area (Å²) in [4.78, 5) is 26.2. The van der Waals surface area contributed by atoms with Crippen molar-refractivity contribution in [2.24, 2.45) is 0 Å². The third kappa shape index (κ3) is 10.5. The van der Waals surface area contributed by atoms with Gasteiger partial charge in [-0.2, -0.15) is 8.78 Å². The largest absolute Gasteiger partial charge is 0.490 e. The Bertz CT molecular complexity index is 957. The average molecular weight is 549 g/mol. The number of hydrogen-bond donors (Lipinski definition) is 1. The number of rotatable bonds is 12. The van der Waals surface area contributed by atoms with Crippen molar-refractivity contribution < 1.29 is 37.3 Å². The highest BCUT2D eigenvalue weighted by Gasteiger charge is 2.17. The molecule has 0 aliphatic carbocycles. The third-order valence-electron chi connectivity index (χ3n) is 4.91. The van der Waals surface area contributed by atoms with Crippen LogP contribution in [-0.4, -0.2) is 56.8 Å². The first kappa shape index (κ1) is 29.5. The zero-order valence-corrected chi connectivity index (χ0v) is 21.2. The number of carbonyl (C=O) groups excluding carboxylic acids is 2. The molecule has 0 radical (unpaired) electrons. The molecular weight excluding hydrogens is 521 g/mol. The molecule has 0 bridgehead atoms. The fourth-order valence-electron chi connectivity index (χ4n) is 3.14. The summed E-state index contributed by atoms with van der Waals surface area (Å²) in [5.41, 5.74) is 1.01. The van der Waals surface area contributed by atoms with Gasteiger partial charge >= 0.3 is 12.6 Å². The molecule has 1 atom stereocenters. The molecule has 1 fully saturated rings. The summed E-state index contributed by atoms with van der Waals surface area (Å²) in [5, 5.41) is 3.93. The van der Waals surface area contributed by atoms with Gasteiger partial charge in [-0.25, -0.2) is 0 Å². The maximum atomic E-state index is 12.4. The number of carbonyl (C=O) groups is 2. The van der Waals surface area contributed by atoms with Crippen molar-refractivity contribution in [3.05, 3.63) is 46.2 Å². The molecule has 12 heteroatoms. The van der Waals surface area contributed by atoms with Crippen molar-refractivity contribution in [1.82, 2.24) is 4.98 Å². The lowest BCUT2D eigenvalue weighted by atomic mass is 10.2. The molecule has 1 aliphatic rings. The minimum absolute atomic E-state index is 0.000588. The fourth-order valence-corrected chi connectivity index (χ4v) is 3.70. The Labute approximate surface area is 218 Å². The molecule has 1 aliphatic heterocycles. The standard InChI is InChI=1S/C18H22F2O6.C6H6Cl2N2/c19-18(20)26-15-7-6-13(11-21)10-16(15)24-8-2-1-5-17(22)25-12-14-4-3-9-23-14;1-9-6-4(7)2-10-3-5(6)8/h6-7,10-11,14,18H,1-5,8-9,12H2;2-3H,1H3,(H,9,10). The van der Waals surface area contributed by atoms with E-state index in [2.05, 4.69) is 15.0 Å². The van der Waals surface area contributed by atoms with E-state index >= 15 is 0 Å². The van der Waals surface area contributed by atoms with Crippen molar-refractivity contribution in [2.75, 3.05) is 32.2 Å². The van der Waals surface area contributed by atoms with E-state index in [9.17, 15) is 18.4 Å². The molecule has 0 saturated carbocycles. The first-order chi connectivity index (χ1) is 17.3. The van der Waals surface area contributed by atoms with Crippen LogP contribution in [0.15, 0.2) is 30.6 Å². The van der Waals surface area contributed by atoms with Crippen molar-refractivity contribution in [1.29, 1.82) is 0 Å². The summed E-state index contributed by atoms with van der Waals surface area (Å²) in [6, 6.07) is 3.95. The number of aromatic nitrogens is 1. The molecule has 0 spiro atoms. The maximum absolute atomic E-state index is 12.4. The van der Waals surface area contributed by atoms with Crippen LogP contribution < -0.4 is 14.8 Å². The van der Waals surface area contributed by atoms with Crippen molar-refractivity contribution >= 4 is 41.1 Å². The summed E-state index contributed by atoms with van der Waals surface area (Å²) in [6.07, 6.45) is 6.86. The fraction of sp³-hybridized carbons (Fsp3) is 0.458. The van der Waals surface area contributed by atoms with Gasteiger partial charge < -0.3 is 24.3 Å². The lowest BCUT2D eigenvalue weighted by Crippen LogP contribution is -2.17. The topological polar surface area (TPSA) is 96.0 Å². The molecule has 1 N–H and O–H groups in total. The second-order valence-corrected chi connectivity index (χ2v) is 8.37. The van der Waals surface area contributed by atoms with E-state index in [0.717, 1.165) is 18.5 Å². The van der Waals surface area contributed by atoms with Gasteiger partial charge in [0.15, 0.2) is 11.5 Å². The summed E-state index contributed by atoms with van der Waals surface area (Å²) in [5.74, 6) is -0.373. The van der Waals surface area contributed by atoms with E-state index in [1.165, 1.54) is 18.2 Å². The summed E-state index contributed by atoms with van der Waals surface area (Å²) in [6.45, 7) is -1.80. The number of nitrogens with zero attached hydrogens (tertiary/aromatic N) is 1. The van der Waals surface area contributed by atoms with Gasteiger partial charge in [-0.05, 0) is 43.9 Å². The normalized spacial score (nSPS) is 14.6. The molecule has 1 saturated heterocycles. The second-order valence-electron chi connectivity index (χ2n) is 7.55. The molecule has 8 nitrogen and oxygen atoms in total. The number of unbranched alkanes of at least 4 members (excludes halogenated alkanes) is 1. The van der Waals surface area contributed by atoms with Crippen LogP contribution in [-0.2, 0) is 14.3 Å². The Balaban J connectivity index is 0.000000380. The van der Waals surface area contributed by atoms with Gasteiger partial charge in [0.1, 0.15) is 12.9 Å². The van der Waals surface area contributed by atoms with Gasteiger partial charge in [0.25, 0.3) is 0 Å². The van der Waals surface area contributed by atoms with E-state index < -0.39 is 6.61 Å². The number of halogens is 4. The minimum Gasteiger partial charge on any atom is -0.490 e. The Hall–Kier alpha value is -2.69. The Morgan fingerprint density at radius 1 is 1.25 bits per heavy atom. The highest BCUT2D eigenvalue weighted by molar-refractivity contribution is 6.38. The van der Waals surface area contributed by atoms with Crippen LogP contribution >= 0.6 is 23.2 Å². The molecule has 3 rings (SSSR count). The van der Waals surface area contributed by atoms with Crippen LogP contribution in [0.5, 0.6) is 11.5 Å². The lowest BCUT2D eigenvalue weighted by molar-refractivity contribution is -0.147. The highest BCUT2D eigenvalue weighted by Crippen LogP contribution is 2.30. The number of anilines is 1. The molecule has 1 aromatic heterocycles. The number of aldehydes is 1. The second kappa shape index (κ2) is 16.1. The first-order valence-electron chi connectivity index (χ1n) is 11.2. The molecule has 2 aromatic rings. The van der Waals surface area contributed by atoms with E-state index in [-0.39, 0.29) is 43.2 Å². The number of benzene rings is 1. The molecule has 0 amide bonds. The number of hydrogen-bond acceptors (Lipinski definition) is 8. The van der Waals surface area contributed by atoms with Crippen LogP contribution in [0.4, 0.5) is 14.5 Å². The lowest BCUT2D eigenvalue weighted by Gasteiger charge is -2.13. The van der Waals surface area contributed by atoms with Gasteiger partial charge in [0.05, 0.1) is 28.4 Å². The Morgan fingerprint density at radius 3 is 2.58 bits per heavy atom. The van der Waals surface area contributed by atoms with Crippen molar-refractivity contribution in [2.45, 2.75) is 44.8 Å². The van der Waals surface area contributed by atoms with Crippen molar-refractivity contribution in [3.8, 4) is 11.5 Å². The smallest absolute Gasteiger partial charge is 0.387 e. The number of pyridine rings is 1. The predicted octanol–water partition coefficient (Wildman–Crippen LogP) is 5.80. The van der Waals surface area contributed by atoms with Gasteiger partial charge in [-0.1, -0.05) is 23.2 Å². The van der Waals surface area contributed by atoms with Crippen molar-refractivity contribution in [3.63, 3.8) is 0 Å². The van der Waals surface area contributed by atoms with Crippen LogP contribution in [0.25, 0.3) is 0 Å². The number of esters is 1. The number of alkyl halides is 2. The quantitative estimate of drug-likeness (QED) is 0.202. The van der Waals surface area contributed by atoms with E-state index in [4.69, 9.17) is 37.4 Å². The minimum atomic E-state index is -2.99. The Kier molecular flexibility index (Phi) is 13.2. The van der Waals surface area contributed by atoms with Gasteiger partial charge in [-0.15, -0.1) is 0 Å². The van der Waals surface area contributed by atoms with Crippen LogP contribution in [0, 0.1) is 0 Å². The molecule has 198 valence electrons. The zero-order chi connectivity index (χ0) is 26.3. The number of ether oxygens (including phenoxy) is 4.